The van der Waals surface area contributed by atoms with Crippen molar-refractivity contribution in [2.45, 2.75) is 13.6 Å². The summed E-state index contributed by atoms with van der Waals surface area (Å²) in [6.07, 6.45) is 0. The molecule has 1 aliphatic heterocycles. The number of benzene rings is 2. The Bertz CT molecular complexity index is 1460. The van der Waals surface area contributed by atoms with Gasteiger partial charge >= 0.3 is 0 Å². The summed E-state index contributed by atoms with van der Waals surface area (Å²) < 4.78 is 23.9. The van der Waals surface area contributed by atoms with Crippen molar-refractivity contribution in [2.24, 2.45) is 0 Å². The zero-order valence-corrected chi connectivity index (χ0v) is 19.3. The Morgan fingerprint density at radius 3 is 2.67 bits per heavy atom. The molecule has 0 unspecified atom stereocenters. The number of halogens is 1. The first-order valence-electron chi connectivity index (χ1n) is 10.7. The number of fused-ring (bicyclic) bond motifs is 3. The van der Waals surface area contributed by atoms with E-state index >= 15 is 0 Å². The van der Waals surface area contributed by atoms with Gasteiger partial charge in [0.25, 0.3) is 0 Å². The minimum absolute atomic E-state index is 0.103. The van der Waals surface area contributed by atoms with Crippen LogP contribution < -0.4 is 9.64 Å². The Morgan fingerprint density at radius 2 is 1.94 bits per heavy atom. The van der Waals surface area contributed by atoms with Crippen molar-refractivity contribution >= 4 is 34.5 Å². The lowest BCUT2D eigenvalue weighted by atomic mass is 10.1. The van der Waals surface area contributed by atoms with Crippen molar-refractivity contribution in [3.8, 4) is 11.8 Å². The largest absolute Gasteiger partial charge is 0.497 e. The zero-order chi connectivity index (χ0) is 23.1. The summed E-state index contributed by atoms with van der Waals surface area (Å²) in [5.41, 5.74) is 3.66. The lowest BCUT2D eigenvalue weighted by molar-refractivity contribution is 0.195. The average molecular weight is 463 g/mol. The van der Waals surface area contributed by atoms with Gasteiger partial charge in [-0.25, -0.2) is 9.07 Å². The van der Waals surface area contributed by atoms with Crippen LogP contribution in [0.5, 0.6) is 5.75 Å². The van der Waals surface area contributed by atoms with Crippen molar-refractivity contribution in [1.29, 1.82) is 5.26 Å². The molecule has 3 heterocycles. The highest BCUT2D eigenvalue weighted by Gasteiger charge is 2.22. The molecule has 0 radical (unpaired) electrons. The predicted octanol–water partition coefficient (Wildman–Crippen LogP) is 4.13. The molecule has 2 aromatic heterocycles. The molecule has 0 bridgehead atoms. The molecule has 168 valence electrons. The van der Waals surface area contributed by atoms with Gasteiger partial charge in [-0.05, 0) is 55.0 Å². The van der Waals surface area contributed by atoms with Crippen LogP contribution >= 0.6 is 12.2 Å². The molecule has 0 amide bonds. The Kier molecular flexibility index (Phi) is 5.48. The number of hydrogen-bond donors (Lipinski definition) is 0. The van der Waals surface area contributed by atoms with E-state index in [9.17, 15) is 9.65 Å². The van der Waals surface area contributed by atoms with Gasteiger partial charge in [0.15, 0.2) is 5.65 Å². The Morgan fingerprint density at radius 1 is 1.15 bits per heavy atom. The number of piperazine rings is 1. The lowest BCUT2D eigenvalue weighted by Crippen LogP contribution is -2.47. The molecule has 4 aromatic rings. The van der Waals surface area contributed by atoms with Crippen LogP contribution in [0, 0.1) is 28.8 Å². The smallest absolute Gasteiger partial charge is 0.204 e. The van der Waals surface area contributed by atoms with Gasteiger partial charge in [-0.2, -0.15) is 10.4 Å². The van der Waals surface area contributed by atoms with Crippen molar-refractivity contribution < 1.29 is 9.13 Å². The van der Waals surface area contributed by atoms with Crippen LogP contribution in [0.15, 0.2) is 42.5 Å². The third-order valence-corrected chi connectivity index (χ3v) is 6.62. The van der Waals surface area contributed by atoms with E-state index in [2.05, 4.69) is 16.7 Å². The van der Waals surface area contributed by atoms with Crippen molar-refractivity contribution in [3.63, 3.8) is 0 Å². The SMILES string of the molecule is COc1ccc2c(C)cc3nn(CN4CCN(c5cccc(F)c5C#N)CC4)c(=S)n3c2c1. The van der Waals surface area contributed by atoms with Gasteiger partial charge in [0, 0.05) is 37.6 Å². The topological polar surface area (TPSA) is 61.7 Å². The zero-order valence-electron chi connectivity index (χ0n) is 18.5. The fraction of sp³-hybridized carbons (Fsp3) is 0.292. The van der Waals surface area contributed by atoms with E-state index in [1.165, 1.54) is 6.07 Å². The number of rotatable bonds is 4. The summed E-state index contributed by atoms with van der Waals surface area (Å²) in [6, 6.07) is 14.8. The number of anilines is 1. The summed E-state index contributed by atoms with van der Waals surface area (Å²) in [5.74, 6) is 0.293. The maximum Gasteiger partial charge on any atom is 0.204 e. The molecular weight excluding hydrogens is 439 g/mol. The second-order valence-corrected chi connectivity index (χ2v) is 8.54. The van der Waals surface area contributed by atoms with Crippen molar-refractivity contribution in [2.75, 3.05) is 38.2 Å². The Labute approximate surface area is 195 Å². The minimum Gasteiger partial charge on any atom is -0.497 e. The molecule has 5 rings (SSSR count). The number of pyridine rings is 1. The van der Waals surface area contributed by atoms with Crippen LogP contribution in [0.1, 0.15) is 11.1 Å². The highest BCUT2D eigenvalue weighted by molar-refractivity contribution is 7.71. The van der Waals surface area contributed by atoms with E-state index in [0.29, 0.717) is 30.2 Å². The lowest BCUT2D eigenvalue weighted by Gasteiger charge is -2.36. The van der Waals surface area contributed by atoms with Gasteiger partial charge in [0.05, 0.1) is 25.0 Å². The molecule has 0 aliphatic carbocycles. The van der Waals surface area contributed by atoms with Gasteiger partial charge < -0.3 is 9.64 Å². The maximum atomic E-state index is 14.0. The quantitative estimate of drug-likeness (QED) is 0.425. The van der Waals surface area contributed by atoms with E-state index in [0.717, 1.165) is 41.0 Å². The number of ether oxygens (including phenoxy) is 1. The number of methoxy groups -OCH3 is 1. The summed E-state index contributed by atoms with van der Waals surface area (Å²) in [6.45, 7) is 5.52. The van der Waals surface area contributed by atoms with Crippen LogP contribution in [-0.2, 0) is 6.67 Å². The van der Waals surface area contributed by atoms with E-state index in [1.807, 2.05) is 39.4 Å². The fourth-order valence-corrected chi connectivity index (χ4v) is 4.76. The molecule has 2 aromatic carbocycles. The van der Waals surface area contributed by atoms with Gasteiger partial charge in [0.2, 0.25) is 4.77 Å². The van der Waals surface area contributed by atoms with Gasteiger partial charge in [-0.1, -0.05) is 6.07 Å². The molecule has 0 saturated carbocycles. The maximum absolute atomic E-state index is 14.0. The number of hydrogen-bond acceptors (Lipinski definition) is 6. The summed E-state index contributed by atoms with van der Waals surface area (Å²) >= 11 is 5.80. The van der Waals surface area contributed by atoms with Crippen molar-refractivity contribution in [3.05, 3.63) is 64.2 Å². The molecule has 7 nitrogen and oxygen atoms in total. The second-order valence-electron chi connectivity index (χ2n) is 8.18. The van der Waals surface area contributed by atoms with Crippen LogP contribution in [0.3, 0.4) is 0 Å². The van der Waals surface area contributed by atoms with Crippen LogP contribution in [0.4, 0.5) is 10.1 Å². The molecular formula is C24H23FN6OS. The molecule has 0 atom stereocenters. The highest BCUT2D eigenvalue weighted by Crippen LogP contribution is 2.26. The normalized spacial score (nSPS) is 14.7. The summed E-state index contributed by atoms with van der Waals surface area (Å²) in [4.78, 5) is 4.32. The first-order chi connectivity index (χ1) is 16.0. The summed E-state index contributed by atoms with van der Waals surface area (Å²) in [7, 11) is 1.65. The Balaban J connectivity index is 1.40. The first-order valence-corrected chi connectivity index (χ1v) is 11.1. The number of aryl methyl sites for hydroxylation is 1. The predicted molar refractivity (Wildman–Crippen MR) is 128 cm³/mol. The summed E-state index contributed by atoms with van der Waals surface area (Å²) in [5, 5.41) is 15.2. The molecule has 33 heavy (non-hydrogen) atoms. The van der Waals surface area contributed by atoms with Crippen molar-refractivity contribution in [1.82, 2.24) is 19.1 Å². The minimum atomic E-state index is -0.479. The van der Waals surface area contributed by atoms with Crippen LogP contribution in [0.2, 0.25) is 0 Å². The molecule has 0 N–H and O–H groups in total. The van der Waals surface area contributed by atoms with Gasteiger partial charge in [0.1, 0.15) is 23.2 Å². The number of aromatic nitrogens is 3. The molecule has 1 aliphatic rings. The molecule has 1 saturated heterocycles. The van der Waals surface area contributed by atoms with E-state index < -0.39 is 5.82 Å². The van der Waals surface area contributed by atoms with Gasteiger partial charge in [-0.3, -0.25) is 9.30 Å². The van der Waals surface area contributed by atoms with E-state index in [1.54, 1.807) is 19.2 Å². The number of nitriles is 1. The first kappa shape index (κ1) is 21.4. The second kappa shape index (κ2) is 8.46. The van der Waals surface area contributed by atoms with Crippen LogP contribution in [0.25, 0.3) is 16.6 Å². The fourth-order valence-electron chi connectivity index (χ4n) is 4.47. The number of nitrogens with zero attached hydrogens (tertiary/aromatic N) is 6. The standard InChI is InChI=1S/C24H23FN6OS/c1-16-12-23-27-30(24(33)31(23)22-13-17(32-2)6-7-18(16)22)15-28-8-10-29(11-9-28)21-5-3-4-20(25)19(21)14-26/h3-7,12-13H,8-11,15H2,1-2H3. The molecule has 9 heteroatoms. The third-order valence-electron chi connectivity index (χ3n) is 6.23. The average Bonchev–Trinajstić information content (AvgIpc) is 3.13. The molecule has 0 spiro atoms. The Hall–Kier alpha value is -3.48. The monoisotopic (exact) mass is 462 g/mol. The van der Waals surface area contributed by atoms with E-state index in [-0.39, 0.29) is 5.56 Å². The van der Waals surface area contributed by atoms with E-state index in [4.69, 9.17) is 22.1 Å². The van der Waals surface area contributed by atoms with Gasteiger partial charge in [-0.15, -0.1) is 0 Å². The third kappa shape index (κ3) is 3.71. The molecule has 1 fully saturated rings. The highest BCUT2D eigenvalue weighted by atomic mass is 32.1. The van der Waals surface area contributed by atoms with Crippen LogP contribution in [-0.4, -0.2) is 52.4 Å².